The molecule has 0 fully saturated rings. The van der Waals surface area contributed by atoms with E-state index in [0.29, 0.717) is 0 Å². The van der Waals surface area contributed by atoms with Gasteiger partial charge in [-0.1, -0.05) is 0 Å². The Morgan fingerprint density at radius 1 is 1.38 bits per heavy atom. The molecule has 2 aromatic heterocycles. The normalized spacial score (nSPS) is 11.7. The summed E-state index contributed by atoms with van der Waals surface area (Å²) in [6, 6.07) is 6.13. The average molecular weight is 288 g/mol. The summed E-state index contributed by atoms with van der Waals surface area (Å²) in [6.07, 6.45) is 6.86. The van der Waals surface area contributed by atoms with E-state index in [-0.39, 0.29) is 0 Å². The van der Waals surface area contributed by atoms with E-state index in [0.717, 1.165) is 32.0 Å². The third-order valence-electron chi connectivity index (χ3n) is 3.43. The van der Waals surface area contributed by atoms with Gasteiger partial charge in [-0.3, -0.25) is 9.67 Å². The zero-order valence-electron chi connectivity index (χ0n) is 13.0. The van der Waals surface area contributed by atoms with E-state index in [2.05, 4.69) is 57.3 Å². The second kappa shape index (κ2) is 7.52. The molecule has 0 saturated carbocycles. The second-order valence-corrected chi connectivity index (χ2v) is 5.06. The van der Waals surface area contributed by atoms with Crippen LogP contribution in [0.5, 0.6) is 0 Å². The maximum Gasteiger partial charge on any atom is 0.193 e. The fourth-order valence-electron chi connectivity index (χ4n) is 2.24. The van der Waals surface area contributed by atoms with Crippen LogP contribution in [0.3, 0.4) is 0 Å². The van der Waals surface area contributed by atoms with Crippen molar-refractivity contribution in [3.63, 3.8) is 0 Å². The molecule has 0 aliphatic rings. The van der Waals surface area contributed by atoms with E-state index in [1.54, 1.807) is 6.20 Å². The van der Waals surface area contributed by atoms with E-state index in [9.17, 15) is 0 Å². The van der Waals surface area contributed by atoms with Crippen molar-refractivity contribution in [3.8, 4) is 0 Å². The molecule has 21 heavy (non-hydrogen) atoms. The smallest absolute Gasteiger partial charge is 0.193 e. The fourth-order valence-corrected chi connectivity index (χ4v) is 2.24. The number of hydrogen-bond donors (Lipinski definition) is 1. The zero-order valence-corrected chi connectivity index (χ0v) is 13.0. The van der Waals surface area contributed by atoms with Crippen LogP contribution in [-0.2, 0) is 20.1 Å². The lowest BCUT2D eigenvalue weighted by Gasteiger charge is -2.22. The highest BCUT2D eigenvalue weighted by Crippen LogP contribution is 2.03. The molecule has 2 aromatic rings. The fraction of sp³-hybridized carbons (Fsp3) is 0.467. The lowest BCUT2D eigenvalue weighted by atomic mass is 10.4. The average Bonchev–Trinajstić information content (AvgIpc) is 3.11. The van der Waals surface area contributed by atoms with Gasteiger partial charge in [-0.25, -0.2) is 0 Å². The lowest BCUT2D eigenvalue weighted by Crippen LogP contribution is -2.39. The first-order valence-corrected chi connectivity index (χ1v) is 7.20. The zero-order chi connectivity index (χ0) is 15.1. The number of hydrogen-bond acceptors (Lipinski definition) is 2. The molecule has 0 saturated heterocycles. The molecule has 0 unspecified atom stereocenters. The predicted molar refractivity (Wildman–Crippen MR) is 85.1 cm³/mol. The Labute approximate surface area is 126 Å². The number of aliphatic imine (C=N–C) groups is 1. The van der Waals surface area contributed by atoms with Crippen molar-refractivity contribution in [1.82, 2.24) is 24.6 Å². The summed E-state index contributed by atoms with van der Waals surface area (Å²) < 4.78 is 4.07. The Bertz CT molecular complexity index is 554. The minimum Gasteiger partial charge on any atom is -0.356 e. The van der Waals surface area contributed by atoms with Crippen LogP contribution in [0.1, 0.15) is 12.1 Å². The summed E-state index contributed by atoms with van der Waals surface area (Å²) in [7, 11) is 5.93. The van der Waals surface area contributed by atoms with Crippen molar-refractivity contribution in [3.05, 3.63) is 42.5 Å². The molecule has 0 aromatic carbocycles. The predicted octanol–water partition coefficient (Wildman–Crippen LogP) is 1.32. The van der Waals surface area contributed by atoms with Crippen LogP contribution in [-0.4, -0.2) is 45.8 Å². The van der Waals surface area contributed by atoms with Crippen LogP contribution in [0.25, 0.3) is 0 Å². The standard InChI is InChI=1S/C15H24N6/c1-16-15(17-8-5-11-21-12-6-9-18-21)20(3)13-14-7-4-10-19(14)2/h4,6-7,9-10,12H,5,8,11,13H2,1-3H3,(H,16,17). The van der Waals surface area contributed by atoms with E-state index < -0.39 is 0 Å². The van der Waals surface area contributed by atoms with Gasteiger partial charge in [-0.2, -0.15) is 5.10 Å². The van der Waals surface area contributed by atoms with Gasteiger partial charge in [0.25, 0.3) is 0 Å². The number of aryl methyl sites for hydroxylation is 2. The highest BCUT2D eigenvalue weighted by atomic mass is 15.3. The van der Waals surface area contributed by atoms with E-state index in [4.69, 9.17) is 0 Å². The van der Waals surface area contributed by atoms with Gasteiger partial charge in [0.1, 0.15) is 0 Å². The molecule has 0 atom stereocenters. The SMILES string of the molecule is CN=C(NCCCn1cccn1)N(C)Cc1cccn1C. The first-order chi connectivity index (χ1) is 10.2. The van der Waals surface area contributed by atoms with Gasteiger partial charge in [0.15, 0.2) is 5.96 Å². The van der Waals surface area contributed by atoms with Crippen molar-refractivity contribution in [2.75, 3.05) is 20.6 Å². The molecule has 6 heteroatoms. The summed E-state index contributed by atoms with van der Waals surface area (Å²) in [5.74, 6) is 0.914. The minimum atomic E-state index is 0.836. The number of nitrogens with zero attached hydrogens (tertiary/aromatic N) is 5. The summed E-state index contributed by atoms with van der Waals surface area (Å²) in [6.45, 7) is 2.63. The molecule has 114 valence electrons. The molecule has 2 rings (SSSR count). The Morgan fingerprint density at radius 3 is 2.86 bits per heavy atom. The molecule has 0 bridgehead atoms. The van der Waals surface area contributed by atoms with Crippen molar-refractivity contribution in [2.24, 2.45) is 12.0 Å². The Kier molecular flexibility index (Phi) is 5.43. The van der Waals surface area contributed by atoms with Crippen molar-refractivity contribution in [2.45, 2.75) is 19.5 Å². The molecule has 0 radical (unpaired) electrons. The van der Waals surface area contributed by atoms with Crippen LogP contribution in [0.15, 0.2) is 41.8 Å². The van der Waals surface area contributed by atoms with Crippen molar-refractivity contribution in [1.29, 1.82) is 0 Å². The first kappa shape index (κ1) is 15.2. The highest BCUT2D eigenvalue weighted by molar-refractivity contribution is 5.79. The summed E-state index contributed by atoms with van der Waals surface area (Å²) in [5, 5.41) is 7.58. The van der Waals surface area contributed by atoms with Crippen LogP contribution >= 0.6 is 0 Å². The maximum absolute atomic E-state index is 4.33. The Balaban J connectivity index is 1.75. The molecule has 6 nitrogen and oxygen atoms in total. The molecule has 0 spiro atoms. The first-order valence-electron chi connectivity index (χ1n) is 7.20. The summed E-state index contributed by atoms with van der Waals surface area (Å²) in [4.78, 5) is 6.46. The van der Waals surface area contributed by atoms with E-state index >= 15 is 0 Å². The number of aromatic nitrogens is 3. The molecule has 2 heterocycles. The van der Waals surface area contributed by atoms with Crippen molar-refractivity contribution >= 4 is 5.96 Å². The van der Waals surface area contributed by atoms with Gasteiger partial charge in [-0.05, 0) is 24.6 Å². The second-order valence-electron chi connectivity index (χ2n) is 5.06. The van der Waals surface area contributed by atoms with Gasteiger partial charge in [0.2, 0.25) is 0 Å². The number of nitrogens with one attached hydrogen (secondary N) is 1. The van der Waals surface area contributed by atoms with Crippen LogP contribution < -0.4 is 5.32 Å². The molecule has 1 N–H and O–H groups in total. The highest BCUT2D eigenvalue weighted by Gasteiger charge is 2.07. The third-order valence-corrected chi connectivity index (χ3v) is 3.43. The van der Waals surface area contributed by atoms with Gasteiger partial charge in [0, 0.05) is 58.5 Å². The van der Waals surface area contributed by atoms with Crippen molar-refractivity contribution < 1.29 is 0 Å². The number of rotatable bonds is 6. The van der Waals surface area contributed by atoms with Gasteiger partial charge < -0.3 is 14.8 Å². The lowest BCUT2D eigenvalue weighted by molar-refractivity contribution is 0.457. The van der Waals surface area contributed by atoms with E-state index in [1.807, 2.05) is 24.0 Å². The van der Waals surface area contributed by atoms with E-state index in [1.165, 1.54) is 5.69 Å². The number of guanidine groups is 1. The topological polar surface area (TPSA) is 50.4 Å². The molecular formula is C15H24N6. The van der Waals surface area contributed by atoms with Crippen LogP contribution in [0.4, 0.5) is 0 Å². The van der Waals surface area contributed by atoms with Gasteiger partial charge in [-0.15, -0.1) is 0 Å². The molecule has 0 amide bonds. The van der Waals surface area contributed by atoms with Gasteiger partial charge >= 0.3 is 0 Å². The monoisotopic (exact) mass is 288 g/mol. The molecule has 0 aliphatic heterocycles. The third kappa shape index (κ3) is 4.37. The Hall–Kier alpha value is -2.24. The van der Waals surface area contributed by atoms with Crippen LogP contribution in [0.2, 0.25) is 0 Å². The van der Waals surface area contributed by atoms with Gasteiger partial charge in [0.05, 0.1) is 6.54 Å². The van der Waals surface area contributed by atoms with Crippen LogP contribution in [0, 0.1) is 0 Å². The summed E-state index contributed by atoms with van der Waals surface area (Å²) in [5.41, 5.74) is 1.26. The minimum absolute atomic E-state index is 0.836. The Morgan fingerprint density at radius 2 is 2.24 bits per heavy atom. The largest absolute Gasteiger partial charge is 0.356 e. The molecular weight excluding hydrogens is 264 g/mol. The summed E-state index contributed by atoms with van der Waals surface area (Å²) >= 11 is 0. The maximum atomic E-state index is 4.33. The quantitative estimate of drug-likeness (QED) is 0.495. The molecule has 0 aliphatic carbocycles.